The molecule has 0 saturated heterocycles. The highest BCUT2D eigenvalue weighted by molar-refractivity contribution is 7.80. The topological polar surface area (TPSA) is 9.23 Å². The second-order valence-electron chi connectivity index (χ2n) is 2.75. The van der Waals surface area contributed by atoms with Gasteiger partial charge in [-0.1, -0.05) is 11.8 Å². The molecule has 1 aromatic rings. The van der Waals surface area contributed by atoms with Crippen LogP contribution in [0.15, 0.2) is 12.1 Å². The highest BCUT2D eigenvalue weighted by atomic mass is 32.1. The van der Waals surface area contributed by atoms with Gasteiger partial charge in [0, 0.05) is 17.7 Å². The van der Waals surface area contributed by atoms with Crippen molar-refractivity contribution in [1.82, 2.24) is 0 Å². The molecule has 0 aliphatic rings. The van der Waals surface area contributed by atoms with Gasteiger partial charge >= 0.3 is 0 Å². The number of benzene rings is 1. The van der Waals surface area contributed by atoms with Crippen LogP contribution in [-0.4, -0.2) is 12.9 Å². The lowest BCUT2D eigenvalue weighted by Crippen LogP contribution is -1.93. The van der Waals surface area contributed by atoms with Crippen LogP contribution in [0.4, 0.5) is 8.78 Å². The first-order chi connectivity index (χ1) is 7.19. The molecule has 0 N–H and O–H groups in total. The molecule has 1 aromatic carbocycles. The summed E-state index contributed by atoms with van der Waals surface area (Å²) in [5.41, 5.74) is 0.299. The predicted octanol–water partition coefficient (Wildman–Crippen LogP) is 2.64. The Morgan fingerprint density at radius 1 is 1.33 bits per heavy atom. The first kappa shape index (κ1) is 11.9. The lowest BCUT2D eigenvalue weighted by atomic mass is 10.2. The quantitative estimate of drug-likeness (QED) is 0.604. The van der Waals surface area contributed by atoms with Gasteiger partial charge in [0.2, 0.25) is 0 Å². The molecule has 0 amide bonds. The molecule has 0 aliphatic heterocycles. The fourth-order valence-corrected chi connectivity index (χ4v) is 1.16. The zero-order valence-electron chi connectivity index (χ0n) is 8.18. The lowest BCUT2D eigenvalue weighted by Gasteiger charge is -2.03. The molecule has 0 atom stereocenters. The third-order valence-corrected chi connectivity index (χ3v) is 1.90. The van der Waals surface area contributed by atoms with Gasteiger partial charge in [0.05, 0.1) is 7.11 Å². The average Bonchev–Trinajstić information content (AvgIpc) is 2.18. The summed E-state index contributed by atoms with van der Waals surface area (Å²) in [4.78, 5) is 0. The van der Waals surface area contributed by atoms with Crippen molar-refractivity contribution in [3.05, 3.63) is 29.3 Å². The number of hydrogen-bond acceptors (Lipinski definition) is 2. The van der Waals surface area contributed by atoms with Crippen LogP contribution in [0.5, 0.6) is 5.75 Å². The molecule has 80 valence electrons. The van der Waals surface area contributed by atoms with E-state index in [9.17, 15) is 8.78 Å². The summed E-state index contributed by atoms with van der Waals surface area (Å²) in [6.07, 6.45) is 0.582. The van der Waals surface area contributed by atoms with Crippen LogP contribution in [-0.2, 0) is 0 Å². The molecule has 0 bridgehead atoms. The third-order valence-electron chi connectivity index (χ3n) is 1.67. The first-order valence-corrected chi connectivity index (χ1v) is 4.95. The van der Waals surface area contributed by atoms with E-state index in [1.807, 2.05) is 0 Å². The largest absolute Gasteiger partial charge is 0.491 e. The summed E-state index contributed by atoms with van der Waals surface area (Å²) in [5.74, 6) is 4.14. The van der Waals surface area contributed by atoms with E-state index < -0.39 is 11.6 Å². The SMILES string of the molecule is COc1c(F)cc(C#CCCS)cc1F. The maximum Gasteiger partial charge on any atom is 0.190 e. The van der Waals surface area contributed by atoms with E-state index in [0.29, 0.717) is 17.7 Å². The van der Waals surface area contributed by atoms with Crippen molar-refractivity contribution in [2.24, 2.45) is 0 Å². The number of ether oxygens (including phenoxy) is 1. The van der Waals surface area contributed by atoms with E-state index in [2.05, 4.69) is 29.2 Å². The van der Waals surface area contributed by atoms with Crippen LogP contribution in [0.2, 0.25) is 0 Å². The van der Waals surface area contributed by atoms with Gasteiger partial charge in [-0.25, -0.2) is 8.78 Å². The molecule has 0 heterocycles. The van der Waals surface area contributed by atoms with Gasteiger partial charge in [0.15, 0.2) is 17.4 Å². The van der Waals surface area contributed by atoms with E-state index in [1.165, 1.54) is 7.11 Å². The standard InChI is InChI=1S/C11H10F2OS/c1-14-11-9(12)6-8(7-10(11)13)4-2-3-5-15/h6-7,15H,3,5H2,1H3. The van der Waals surface area contributed by atoms with Crippen molar-refractivity contribution < 1.29 is 13.5 Å². The van der Waals surface area contributed by atoms with Gasteiger partial charge in [0.25, 0.3) is 0 Å². The van der Waals surface area contributed by atoms with Gasteiger partial charge in [-0.15, -0.1) is 0 Å². The minimum absolute atomic E-state index is 0.299. The fourth-order valence-electron chi connectivity index (χ4n) is 1.05. The summed E-state index contributed by atoms with van der Waals surface area (Å²) in [7, 11) is 1.22. The van der Waals surface area contributed by atoms with Crippen molar-refractivity contribution in [2.45, 2.75) is 6.42 Å². The van der Waals surface area contributed by atoms with E-state index >= 15 is 0 Å². The second kappa shape index (κ2) is 5.62. The van der Waals surface area contributed by atoms with Crippen LogP contribution >= 0.6 is 12.6 Å². The molecule has 0 spiro atoms. The maximum atomic E-state index is 13.2. The molecule has 0 radical (unpaired) electrons. The number of methoxy groups -OCH3 is 1. The Morgan fingerprint density at radius 3 is 2.40 bits per heavy atom. The molecular formula is C11H10F2OS. The predicted molar refractivity (Wildman–Crippen MR) is 58.3 cm³/mol. The van der Waals surface area contributed by atoms with Crippen LogP contribution in [0, 0.1) is 23.5 Å². The van der Waals surface area contributed by atoms with E-state index in [0.717, 1.165) is 12.1 Å². The molecule has 15 heavy (non-hydrogen) atoms. The smallest absolute Gasteiger partial charge is 0.190 e. The number of hydrogen-bond donors (Lipinski definition) is 1. The number of rotatable bonds is 2. The minimum atomic E-state index is -0.743. The molecule has 0 fully saturated rings. The Labute approximate surface area is 92.9 Å². The summed E-state index contributed by atoms with van der Waals surface area (Å²) in [5, 5.41) is 0. The summed E-state index contributed by atoms with van der Waals surface area (Å²) >= 11 is 3.97. The zero-order valence-corrected chi connectivity index (χ0v) is 9.07. The molecular weight excluding hydrogens is 218 g/mol. The molecule has 1 nitrogen and oxygen atoms in total. The average molecular weight is 228 g/mol. The molecule has 0 unspecified atom stereocenters. The molecule has 1 rings (SSSR count). The summed E-state index contributed by atoms with van der Waals surface area (Å²) < 4.78 is 30.9. The van der Waals surface area contributed by atoms with Crippen LogP contribution in [0.1, 0.15) is 12.0 Å². The minimum Gasteiger partial charge on any atom is -0.491 e. The van der Waals surface area contributed by atoms with Crippen molar-refractivity contribution in [3.8, 4) is 17.6 Å². The molecule has 0 aliphatic carbocycles. The number of thiol groups is 1. The van der Waals surface area contributed by atoms with Crippen molar-refractivity contribution >= 4 is 12.6 Å². The van der Waals surface area contributed by atoms with Gasteiger partial charge in [-0.05, 0) is 12.1 Å². The second-order valence-corrected chi connectivity index (χ2v) is 3.20. The van der Waals surface area contributed by atoms with Crippen molar-refractivity contribution in [3.63, 3.8) is 0 Å². The van der Waals surface area contributed by atoms with Crippen molar-refractivity contribution in [2.75, 3.05) is 12.9 Å². The lowest BCUT2D eigenvalue weighted by molar-refractivity contribution is 0.359. The zero-order chi connectivity index (χ0) is 11.3. The molecule has 4 heteroatoms. The Bertz CT molecular complexity index is 384. The van der Waals surface area contributed by atoms with Gasteiger partial charge in [-0.2, -0.15) is 12.6 Å². The monoisotopic (exact) mass is 228 g/mol. The van der Waals surface area contributed by atoms with Crippen LogP contribution in [0.25, 0.3) is 0 Å². The summed E-state index contributed by atoms with van der Waals surface area (Å²) in [6, 6.07) is 2.29. The molecule has 0 aromatic heterocycles. The maximum absolute atomic E-state index is 13.2. The van der Waals surface area contributed by atoms with Gasteiger partial charge < -0.3 is 4.74 Å². The Balaban J connectivity index is 3.00. The third kappa shape index (κ3) is 3.14. The van der Waals surface area contributed by atoms with E-state index in [-0.39, 0.29) is 5.75 Å². The summed E-state index contributed by atoms with van der Waals surface area (Å²) in [6.45, 7) is 0. The van der Waals surface area contributed by atoms with Gasteiger partial charge in [-0.3, -0.25) is 0 Å². The normalized spacial score (nSPS) is 9.33. The van der Waals surface area contributed by atoms with E-state index in [1.54, 1.807) is 0 Å². The Hall–Kier alpha value is -1.21. The highest BCUT2D eigenvalue weighted by Gasteiger charge is 2.10. The first-order valence-electron chi connectivity index (χ1n) is 4.31. The Kier molecular flexibility index (Phi) is 4.44. The highest BCUT2D eigenvalue weighted by Crippen LogP contribution is 2.22. The van der Waals surface area contributed by atoms with Crippen molar-refractivity contribution in [1.29, 1.82) is 0 Å². The van der Waals surface area contributed by atoms with E-state index in [4.69, 9.17) is 0 Å². The molecule has 0 saturated carbocycles. The Morgan fingerprint density at radius 2 is 1.93 bits per heavy atom. The number of halogens is 2. The fraction of sp³-hybridized carbons (Fsp3) is 0.273. The van der Waals surface area contributed by atoms with Crippen LogP contribution < -0.4 is 4.74 Å². The van der Waals surface area contributed by atoms with Crippen LogP contribution in [0.3, 0.4) is 0 Å². The van der Waals surface area contributed by atoms with Gasteiger partial charge in [0.1, 0.15) is 0 Å².